The van der Waals surface area contributed by atoms with Crippen LogP contribution in [0.2, 0.25) is 0 Å². The van der Waals surface area contributed by atoms with Crippen molar-refractivity contribution in [2.24, 2.45) is 0 Å². The van der Waals surface area contributed by atoms with Crippen molar-refractivity contribution in [1.82, 2.24) is 10.2 Å². The Hall–Kier alpha value is -1.55. The standard InChI is InChI=1S/C14H22N2O2/c1-12(11-17)16(2)14(18)15-10-6-9-13-7-4-3-5-8-13/h3-5,7-8,12,17H,6,9-11H2,1-2H3,(H,15,18). The van der Waals surface area contributed by atoms with E-state index in [1.807, 2.05) is 25.1 Å². The maximum atomic E-state index is 11.7. The van der Waals surface area contributed by atoms with Gasteiger partial charge in [-0.1, -0.05) is 30.3 Å². The number of hydrogen-bond donors (Lipinski definition) is 2. The summed E-state index contributed by atoms with van der Waals surface area (Å²) in [4.78, 5) is 13.2. The van der Waals surface area contributed by atoms with Crippen LogP contribution < -0.4 is 5.32 Å². The zero-order valence-corrected chi connectivity index (χ0v) is 11.1. The molecule has 0 heterocycles. The number of amides is 2. The predicted octanol–water partition coefficient (Wildman–Crippen LogP) is 1.64. The molecule has 2 N–H and O–H groups in total. The first-order valence-corrected chi connectivity index (χ1v) is 6.30. The molecule has 4 heteroatoms. The lowest BCUT2D eigenvalue weighted by Gasteiger charge is -2.23. The van der Waals surface area contributed by atoms with Gasteiger partial charge in [-0.25, -0.2) is 4.79 Å². The highest BCUT2D eigenvalue weighted by molar-refractivity contribution is 5.74. The smallest absolute Gasteiger partial charge is 0.317 e. The van der Waals surface area contributed by atoms with Crippen molar-refractivity contribution >= 4 is 6.03 Å². The third-order valence-electron chi connectivity index (χ3n) is 3.01. The number of rotatable bonds is 6. The molecule has 100 valence electrons. The minimum Gasteiger partial charge on any atom is -0.394 e. The SMILES string of the molecule is CC(CO)N(C)C(=O)NCCCc1ccccc1. The van der Waals surface area contributed by atoms with Gasteiger partial charge in [0.05, 0.1) is 12.6 Å². The third-order valence-corrected chi connectivity index (χ3v) is 3.01. The minimum atomic E-state index is -0.154. The largest absolute Gasteiger partial charge is 0.394 e. The Morgan fingerprint density at radius 2 is 2.06 bits per heavy atom. The van der Waals surface area contributed by atoms with Crippen molar-refractivity contribution < 1.29 is 9.90 Å². The van der Waals surface area contributed by atoms with Gasteiger partial charge in [-0.3, -0.25) is 0 Å². The lowest BCUT2D eigenvalue weighted by Crippen LogP contribution is -2.44. The molecule has 0 fully saturated rings. The summed E-state index contributed by atoms with van der Waals surface area (Å²) < 4.78 is 0. The van der Waals surface area contributed by atoms with Gasteiger partial charge < -0.3 is 15.3 Å². The molecule has 4 nitrogen and oxygen atoms in total. The number of aliphatic hydroxyl groups is 1. The van der Waals surface area contributed by atoms with Gasteiger partial charge in [0.2, 0.25) is 0 Å². The summed E-state index contributed by atoms with van der Waals surface area (Å²) in [5, 5.41) is 11.8. The molecule has 0 saturated heterocycles. The van der Waals surface area contributed by atoms with Crippen molar-refractivity contribution in [3.63, 3.8) is 0 Å². The van der Waals surface area contributed by atoms with Crippen molar-refractivity contribution in [2.75, 3.05) is 20.2 Å². The number of aryl methyl sites for hydroxylation is 1. The molecule has 0 aliphatic carbocycles. The zero-order chi connectivity index (χ0) is 13.4. The Morgan fingerprint density at radius 3 is 2.67 bits per heavy atom. The minimum absolute atomic E-state index is 0.0199. The van der Waals surface area contributed by atoms with Crippen LogP contribution in [0.15, 0.2) is 30.3 Å². The van der Waals surface area contributed by atoms with Crippen LogP contribution in [0.1, 0.15) is 18.9 Å². The van der Waals surface area contributed by atoms with Gasteiger partial charge in [0, 0.05) is 13.6 Å². The summed E-state index contributed by atoms with van der Waals surface area (Å²) in [5.74, 6) is 0. The maximum Gasteiger partial charge on any atom is 0.317 e. The van der Waals surface area contributed by atoms with E-state index in [2.05, 4.69) is 17.4 Å². The van der Waals surface area contributed by atoms with Crippen LogP contribution in [0.4, 0.5) is 4.79 Å². The molecule has 1 atom stereocenters. The molecule has 0 aliphatic heterocycles. The molecule has 1 unspecified atom stereocenters. The molecular weight excluding hydrogens is 228 g/mol. The highest BCUT2D eigenvalue weighted by Crippen LogP contribution is 2.01. The topological polar surface area (TPSA) is 52.6 Å². The zero-order valence-electron chi connectivity index (χ0n) is 11.1. The molecule has 0 bridgehead atoms. The van der Waals surface area contributed by atoms with Crippen molar-refractivity contribution in [2.45, 2.75) is 25.8 Å². The second-order valence-corrected chi connectivity index (χ2v) is 4.46. The van der Waals surface area contributed by atoms with E-state index in [9.17, 15) is 4.79 Å². The predicted molar refractivity (Wildman–Crippen MR) is 72.5 cm³/mol. The van der Waals surface area contributed by atoms with Gasteiger partial charge >= 0.3 is 6.03 Å². The van der Waals surface area contributed by atoms with Crippen LogP contribution in [-0.4, -0.2) is 42.3 Å². The van der Waals surface area contributed by atoms with Crippen molar-refractivity contribution in [1.29, 1.82) is 0 Å². The number of benzene rings is 1. The van der Waals surface area contributed by atoms with Gasteiger partial charge in [-0.15, -0.1) is 0 Å². The van der Waals surface area contributed by atoms with E-state index in [-0.39, 0.29) is 18.7 Å². The number of hydrogen-bond acceptors (Lipinski definition) is 2. The fourth-order valence-electron chi connectivity index (χ4n) is 1.58. The Morgan fingerprint density at radius 1 is 1.39 bits per heavy atom. The Labute approximate surface area is 109 Å². The Balaban J connectivity index is 2.20. The first kappa shape index (κ1) is 14.5. The maximum absolute atomic E-state index is 11.7. The number of carbonyl (C=O) groups is 1. The summed E-state index contributed by atoms with van der Waals surface area (Å²) >= 11 is 0. The number of likely N-dealkylation sites (N-methyl/N-ethyl adjacent to an activating group) is 1. The average molecular weight is 250 g/mol. The summed E-state index contributed by atoms with van der Waals surface area (Å²) in [5.41, 5.74) is 1.28. The van der Waals surface area contributed by atoms with Gasteiger partial charge in [-0.05, 0) is 25.3 Å². The van der Waals surface area contributed by atoms with Crippen LogP contribution in [0.3, 0.4) is 0 Å². The number of nitrogens with zero attached hydrogens (tertiary/aromatic N) is 1. The molecule has 1 aromatic carbocycles. The molecule has 2 amide bonds. The highest BCUT2D eigenvalue weighted by atomic mass is 16.3. The van der Waals surface area contributed by atoms with Crippen molar-refractivity contribution in [3.05, 3.63) is 35.9 Å². The molecule has 0 aliphatic rings. The second-order valence-electron chi connectivity index (χ2n) is 4.46. The Kier molecular flexibility index (Phi) is 6.22. The highest BCUT2D eigenvalue weighted by Gasteiger charge is 2.13. The molecule has 1 aromatic rings. The third kappa shape index (κ3) is 4.75. The van der Waals surface area contributed by atoms with Crippen LogP contribution >= 0.6 is 0 Å². The molecular formula is C14H22N2O2. The van der Waals surface area contributed by atoms with E-state index in [0.717, 1.165) is 12.8 Å². The van der Waals surface area contributed by atoms with E-state index in [1.165, 1.54) is 10.5 Å². The van der Waals surface area contributed by atoms with Gasteiger partial charge in [0.25, 0.3) is 0 Å². The molecule has 1 rings (SSSR count). The number of carbonyl (C=O) groups excluding carboxylic acids is 1. The van der Waals surface area contributed by atoms with E-state index in [4.69, 9.17) is 5.11 Å². The normalized spacial score (nSPS) is 11.9. The molecule has 0 radical (unpaired) electrons. The van der Waals surface area contributed by atoms with Gasteiger partial charge in [0.1, 0.15) is 0 Å². The van der Waals surface area contributed by atoms with E-state index in [1.54, 1.807) is 7.05 Å². The summed E-state index contributed by atoms with van der Waals surface area (Å²) in [6.45, 7) is 2.44. The fraction of sp³-hybridized carbons (Fsp3) is 0.500. The lowest BCUT2D eigenvalue weighted by atomic mass is 10.1. The summed E-state index contributed by atoms with van der Waals surface area (Å²) in [7, 11) is 1.69. The molecule has 0 aromatic heterocycles. The molecule has 18 heavy (non-hydrogen) atoms. The first-order valence-electron chi connectivity index (χ1n) is 6.30. The van der Waals surface area contributed by atoms with E-state index in [0.29, 0.717) is 6.54 Å². The second kappa shape index (κ2) is 7.71. The van der Waals surface area contributed by atoms with Crippen LogP contribution in [0.5, 0.6) is 0 Å². The van der Waals surface area contributed by atoms with Crippen LogP contribution in [0, 0.1) is 0 Å². The van der Waals surface area contributed by atoms with Crippen LogP contribution in [-0.2, 0) is 6.42 Å². The fourth-order valence-corrected chi connectivity index (χ4v) is 1.58. The van der Waals surface area contributed by atoms with Gasteiger partial charge in [0.15, 0.2) is 0 Å². The van der Waals surface area contributed by atoms with Crippen LogP contribution in [0.25, 0.3) is 0 Å². The molecule has 0 spiro atoms. The van der Waals surface area contributed by atoms with E-state index >= 15 is 0 Å². The summed E-state index contributed by atoms with van der Waals surface area (Å²) in [6, 6.07) is 9.92. The molecule has 0 saturated carbocycles. The first-order chi connectivity index (χ1) is 8.65. The van der Waals surface area contributed by atoms with E-state index < -0.39 is 0 Å². The van der Waals surface area contributed by atoms with Crippen molar-refractivity contribution in [3.8, 4) is 0 Å². The Bertz CT molecular complexity index is 354. The average Bonchev–Trinajstić information content (AvgIpc) is 2.42. The van der Waals surface area contributed by atoms with Gasteiger partial charge in [-0.2, -0.15) is 0 Å². The monoisotopic (exact) mass is 250 g/mol. The number of urea groups is 1. The number of nitrogens with one attached hydrogen (secondary N) is 1. The quantitative estimate of drug-likeness (QED) is 0.754. The lowest BCUT2D eigenvalue weighted by molar-refractivity contribution is 0.157. The summed E-state index contributed by atoms with van der Waals surface area (Å²) in [6.07, 6.45) is 1.87. The number of aliphatic hydroxyl groups excluding tert-OH is 1.